The molecule has 2 aromatic rings. The van der Waals surface area contributed by atoms with Crippen molar-refractivity contribution in [1.29, 1.82) is 0 Å². The molecule has 26 heavy (non-hydrogen) atoms. The molecule has 0 saturated carbocycles. The van der Waals surface area contributed by atoms with Gasteiger partial charge in [-0.2, -0.15) is 8.78 Å². The zero-order valence-corrected chi connectivity index (χ0v) is 15.6. The molecular formula is C17H14BrClF2N2O3. The number of hydrogen-bond donors (Lipinski definition) is 2. The quantitative estimate of drug-likeness (QED) is 0.679. The van der Waals surface area contributed by atoms with Crippen LogP contribution in [-0.4, -0.2) is 25.0 Å². The van der Waals surface area contributed by atoms with E-state index in [1.165, 1.54) is 12.1 Å². The summed E-state index contributed by atoms with van der Waals surface area (Å²) in [4.78, 5) is 23.9. The number of halogens is 4. The highest BCUT2D eigenvalue weighted by molar-refractivity contribution is 9.10. The minimum atomic E-state index is -2.97. The molecule has 0 spiro atoms. The van der Waals surface area contributed by atoms with Crippen molar-refractivity contribution in [2.45, 2.75) is 13.2 Å². The summed E-state index contributed by atoms with van der Waals surface area (Å²) in [5, 5.41) is 5.24. The van der Waals surface area contributed by atoms with Crippen LogP contribution in [0.15, 0.2) is 46.9 Å². The molecule has 9 heteroatoms. The van der Waals surface area contributed by atoms with E-state index in [1.807, 2.05) is 0 Å². The van der Waals surface area contributed by atoms with E-state index in [4.69, 9.17) is 11.6 Å². The van der Waals surface area contributed by atoms with Crippen LogP contribution in [0.1, 0.15) is 15.9 Å². The van der Waals surface area contributed by atoms with Gasteiger partial charge in [0, 0.05) is 16.6 Å². The van der Waals surface area contributed by atoms with Gasteiger partial charge in [0.25, 0.3) is 5.91 Å². The summed E-state index contributed by atoms with van der Waals surface area (Å²) >= 11 is 9.14. The molecule has 0 fully saturated rings. The van der Waals surface area contributed by atoms with Crippen LogP contribution in [0, 0.1) is 0 Å². The number of carbonyl (C=O) groups is 2. The van der Waals surface area contributed by atoms with Crippen molar-refractivity contribution in [3.05, 3.63) is 63.1 Å². The molecule has 2 rings (SSSR count). The Morgan fingerprint density at radius 2 is 1.88 bits per heavy atom. The molecule has 2 N–H and O–H groups in total. The molecule has 5 nitrogen and oxygen atoms in total. The Kier molecular flexibility index (Phi) is 7.35. The van der Waals surface area contributed by atoms with Crippen LogP contribution in [0.4, 0.5) is 8.78 Å². The van der Waals surface area contributed by atoms with Crippen LogP contribution < -0.4 is 15.4 Å². The van der Waals surface area contributed by atoms with Crippen molar-refractivity contribution in [2.24, 2.45) is 0 Å². The van der Waals surface area contributed by atoms with Gasteiger partial charge in [-0.3, -0.25) is 9.59 Å². The normalized spacial score (nSPS) is 10.5. The molecule has 0 bridgehead atoms. The molecule has 0 aromatic heterocycles. The first-order valence-electron chi connectivity index (χ1n) is 7.39. The van der Waals surface area contributed by atoms with Gasteiger partial charge in [-0.1, -0.05) is 39.7 Å². The van der Waals surface area contributed by atoms with Crippen LogP contribution in [-0.2, 0) is 11.3 Å². The van der Waals surface area contributed by atoms with Crippen LogP contribution in [0.5, 0.6) is 5.75 Å². The average Bonchev–Trinajstić information content (AvgIpc) is 2.60. The van der Waals surface area contributed by atoms with E-state index in [9.17, 15) is 18.4 Å². The predicted octanol–water partition coefficient (Wildman–Crippen LogP) is 3.75. The van der Waals surface area contributed by atoms with Gasteiger partial charge in [0.1, 0.15) is 5.75 Å². The lowest BCUT2D eigenvalue weighted by atomic mass is 10.2. The molecule has 0 unspecified atom stereocenters. The van der Waals surface area contributed by atoms with Gasteiger partial charge >= 0.3 is 6.61 Å². The van der Waals surface area contributed by atoms with Crippen molar-refractivity contribution in [3.63, 3.8) is 0 Å². The van der Waals surface area contributed by atoms with Gasteiger partial charge < -0.3 is 15.4 Å². The van der Waals surface area contributed by atoms with Gasteiger partial charge in [-0.15, -0.1) is 0 Å². The second-order valence-electron chi connectivity index (χ2n) is 5.07. The van der Waals surface area contributed by atoms with Gasteiger partial charge in [-0.25, -0.2) is 0 Å². The number of ether oxygens (including phenoxy) is 1. The first-order valence-corrected chi connectivity index (χ1v) is 8.56. The van der Waals surface area contributed by atoms with Crippen LogP contribution in [0.25, 0.3) is 0 Å². The fourth-order valence-electron chi connectivity index (χ4n) is 2.05. The topological polar surface area (TPSA) is 67.4 Å². The second-order valence-corrected chi connectivity index (χ2v) is 6.39. The molecule has 0 heterocycles. The molecule has 0 atom stereocenters. The molecule has 0 aliphatic carbocycles. The Labute approximate surface area is 161 Å². The van der Waals surface area contributed by atoms with Gasteiger partial charge in [0.05, 0.1) is 17.1 Å². The van der Waals surface area contributed by atoms with Crippen molar-refractivity contribution < 1.29 is 23.1 Å². The summed E-state index contributed by atoms with van der Waals surface area (Å²) < 4.78 is 29.9. The highest BCUT2D eigenvalue weighted by Gasteiger charge is 2.13. The predicted molar refractivity (Wildman–Crippen MR) is 96.4 cm³/mol. The SMILES string of the molecule is O=C(CNC(=O)c1ccccc1Cl)NCc1cc(Br)ccc1OC(F)F. The van der Waals surface area contributed by atoms with E-state index in [-0.39, 0.29) is 29.4 Å². The summed E-state index contributed by atoms with van der Waals surface area (Å²) in [6.45, 7) is -3.30. The third-order valence-electron chi connectivity index (χ3n) is 3.24. The summed E-state index contributed by atoms with van der Waals surface area (Å²) in [7, 11) is 0. The summed E-state index contributed by atoms with van der Waals surface area (Å²) in [5.41, 5.74) is 0.618. The maximum Gasteiger partial charge on any atom is 0.387 e. The molecule has 2 aromatic carbocycles. The molecular weight excluding hydrogens is 434 g/mol. The lowest BCUT2D eigenvalue weighted by molar-refractivity contribution is -0.120. The highest BCUT2D eigenvalue weighted by atomic mass is 79.9. The van der Waals surface area contributed by atoms with Crippen LogP contribution in [0.2, 0.25) is 5.02 Å². The number of nitrogens with one attached hydrogen (secondary N) is 2. The lowest BCUT2D eigenvalue weighted by Gasteiger charge is -2.12. The largest absolute Gasteiger partial charge is 0.434 e. The Balaban J connectivity index is 1.90. The molecule has 0 saturated heterocycles. The number of amides is 2. The van der Waals surface area contributed by atoms with Gasteiger partial charge in [0.15, 0.2) is 0 Å². The molecule has 138 valence electrons. The monoisotopic (exact) mass is 446 g/mol. The standard InChI is InChI=1S/C17H14BrClF2N2O3/c18-11-5-6-14(26-17(20)21)10(7-11)8-22-15(24)9-23-16(25)12-3-1-2-4-13(12)19/h1-7,17H,8-9H2,(H,22,24)(H,23,25). The maximum atomic E-state index is 12.4. The summed E-state index contributed by atoms with van der Waals surface area (Å²) in [6.07, 6.45) is 0. The van der Waals surface area contributed by atoms with E-state index < -0.39 is 18.4 Å². The number of hydrogen-bond acceptors (Lipinski definition) is 3. The second kappa shape index (κ2) is 9.49. The number of benzene rings is 2. The van der Waals surface area contributed by atoms with Crippen LogP contribution >= 0.6 is 27.5 Å². The smallest absolute Gasteiger partial charge is 0.387 e. The van der Waals surface area contributed by atoms with E-state index in [2.05, 4.69) is 31.3 Å². The van der Waals surface area contributed by atoms with Crippen LogP contribution in [0.3, 0.4) is 0 Å². The minimum absolute atomic E-state index is 0.0383. The highest BCUT2D eigenvalue weighted by Crippen LogP contribution is 2.24. The fourth-order valence-corrected chi connectivity index (χ4v) is 2.68. The average molecular weight is 448 g/mol. The zero-order valence-electron chi connectivity index (χ0n) is 13.3. The summed E-state index contributed by atoms with van der Waals surface area (Å²) in [5.74, 6) is -1.02. The Morgan fingerprint density at radius 3 is 2.58 bits per heavy atom. The Bertz CT molecular complexity index is 805. The third kappa shape index (κ3) is 5.96. The number of carbonyl (C=O) groups excluding carboxylic acids is 2. The number of rotatable bonds is 7. The first kappa shape index (κ1) is 20.1. The van der Waals surface area contributed by atoms with Gasteiger partial charge in [-0.05, 0) is 30.3 Å². The van der Waals surface area contributed by atoms with Gasteiger partial charge in [0.2, 0.25) is 5.91 Å². The molecule has 0 aliphatic rings. The minimum Gasteiger partial charge on any atom is -0.434 e. The van der Waals surface area contributed by atoms with E-state index in [0.717, 1.165) is 0 Å². The van der Waals surface area contributed by atoms with E-state index in [1.54, 1.807) is 30.3 Å². The Hall–Kier alpha value is -2.19. The fraction of sp³-hybridized carbons (Fsp3) is 0.176. The zero-order chi connectivity index (χ0) is 19.1. The lowest BCUT2D eigenvalue weighted by Crippen LogP contribution is -2.36. The van der Waals surface area contributed by atoms with E-state index >= 15 is 0 Å². The molecule has 0 aliphatic heterocycles. The van der Waals surface area contributed by atoms with Crippen molar-refractivity contribution in [2.75, 3.05) is 6.54 Å². The summed E-state index contributed by atoms with van der Waals surface area (Å²) in [6, 6.07) is 10.9. The third-order valence-corrected chi connectivity index (χ3v) is 4.07. The molecule has 0 radical (unpaired) electrons. The molecule has 2 amide bonds. The van der Waals surface area contributed by atoms with E-state index in [0.29, 0.717) is 10.0 Å². The van der Waals surface area contributed by atoms with Crippen molar-refractivity contribution >= 4 is 39.3 Å². The first-order chi connectivity index (χ1) is 12.4. The van der Waals surface area contributed by atoms with Crippen molar-refractivity contribution in [1.82, 2.24) is 10.6 Å². The van der Waals surface area contributed by atoms with Crippen molar-refractivity contribution in [3.8, 4) is 5.75 Å². The number of alkyl halides is 2. The maximum absolute atomic E-state index is 12.4. The Morgan fingerprint density at radius 1 is 1.15 bits per heavy atom.